The minimum atomic E-state index is -1.10. The molecule has 3 amide bonds. The van der Waals surface area contributed by atoms with Crippen molar-refractivity contribution in [1.82, 2.24) is 10.2 Å². The molecule has 1 aromatic carbocycles. The van der Waals surface area contributed by atoms with Crippen LogP contribution in [0.1, 0.15) is 33.6 Å². The van der Waals surface area contributed by atoms with Gasteiger partial charge in [0.2, 0.25) is 0 Å². The van der Waals surface area contributed by atoms with E-state index in [4.69, 9.17) is 4.74 Å². The quantitative estimate of drug-likeness (QED) is 0.646. The third kappa shape index (κ3) is 2.71. The van der Waals surface area contributed by atoms with E-state index in [0.717, 1.165) is 34.2 Å². The molecule has 27 heavy (non-hydrogen) atoms. The van der Waals surface area contributed by atoms with Gasteiger partial charge in [0.1, 0.15) is 17.1 Å². The lowest BCUT2D eigenvalue weighted by Crippen LogP contribution is -2.46. The number of hydrogen-bond donors (Lipinski definition) is 1. The molecule has 140 valence electrons. The summed E-state index contributed by atoms with van der Waals surface area (Å²) in [6.45, 7) is -0.467. The van der Waals surface area contributed by atoms with Gasteiger partial charge in [-0.3, -0.25) is 14.5 Å². The van der Waals surface area contributed by atoms with E-state index < -0.39 is 35.6 Å². The highest BCUT2D eigenvalue weighted by atomic mass is 32.1. The number of hydrogen-bond acceptors (Lipinski definition) is 5. The van der Waals surface area contributed by atoms with E-state index >= 15 is 0 Å². The van der Waals surface area contributed by atoms with Crippen molar-refractivity contribution in [1.29, 1.82) is 0 Å². The smallest absolute Gasteiger partial charge is 0.325 e. The van der Waals surface area contributed by atoms with Crippen molar-refractivity contribution in [2.45, 2.75) is 24.8 Å². The van der Waals surface area contributed by atoms with E-state index in [0.29, 0.717) is 6.42 Å². The number of nitrogens with zero attached hydrogens (tertiary/aromatic N) is 1. The number of halogens is 1. The lowest BCUT2D eigenvalue weighted by molar-refractivity contribution is -0.131. The fourth-order valence-electron chi connectivity index (χ4n) is 3.81. The molecule has 1 aromatic heterocycles. The Labute approximate surface area is 158 Å². The van der Waals surface area contributed by atoms with Crippen molar-refractivity contribution < 1.29 is 23.5 Å². The Morgan fingerprint density at radius 2 is 2.19 bits per heavy atom. The van der Waals surface area contributed by atoms with Crippen LogP contribution in [-0.4, -0.2) is 36.3 Å². The topological polar surface area (TPSA) is 75.7 Å². The van der Waals surface area contributed by atoms with Gasteiger partial charge in [-0.1, -0.05) is 0 Å². The third-order valence-corrected chi connectivity index (χ3v) is 6.08. The average Bonchev–Trinajstić information content (AvgIpc) is 3.22. The highest BCUT2D eigenvalue weighted by Crippen LogP contribution is 2.42. The van der Waals surface area contributed by atoms with Gasteiger partial charge in [0.05, 0.1) is 19.2 Å². The molecule has 1 atom stereocenters. The maximum Gasteiger partial charge on any atom is 0.325 e. The van der Waals surface area contributed by atoms with Gasteiger partial charge in [0.25, 0.3) is 5.91 Å². The number of fused-ring (bicyclic) bond motifs is 2. The summed E-state index contributed by atoms with van der Waals surface area (Å²) >= 11 is 1.56. The molecule has 4 rings (SSSR count). The molecule has 1 fully saturated rings. The maximum absolute atomic E-state index is 13.6. The van der Waals surface area contributed by atoms with E-state index in [1.807, 2.05) is 11.4 Å². The molecule has 0 bridgehead atoms. The summed E-state index contributed by atoms with van der Waals surface area (Å²) < 4.78 is 18.7. The number of amides is 3. The second-order valence-electron chi connectivity index (χ2n) is 6.61. The lowest BCUT2D eigenvalue weighted by Gasteiger charge is -2.31. The predicted octanol–water partition coefficient (Wildman–Crippen LogP) is 2.86. The zero-order valence-corrected chi connectivity index (χ0v) is 15.4. The van der Waals surface area contributed by atoms with Crippen LogP contribution in [-0.2, 0) is 16.8 Å². The molecule has 0 saturated carbocycles. The second-order valence-corrected chi connectivity index (χ2v) is 7.61. The number of imide groups is 1. The largest absolute Gasteiger partial charge is 0.496 e. The minimum Gasteiger partial charge on any atom is -0.496 e. The van der Waals surface area contributed by atoms with E-state index in [2.05, 4.69) is 5.32 Å². The number of rotatable bonds is 4. The lowest BCUT2D eigenvalue weighted by atomic mass is 9.80. The summed E-state index contributed by atoms with van der Waals surface area (Å²) in [5, 5.41) is 4.70. The van der Waals surface area contributed by atoms with E-state index in [1.165, 1.54) is 19.2 Å². The number of carbonyl (C=O) groups excluding carboxylic acids is 3. The molecule has 0 unspecified atom stereocenters. The van der Waals surface area contributed by atoms with Crippen LogP contribution in [0.5, 0.6) is 5.75 Å². The SMILES string of the molecule is COc1ccc(F)cc1C(=O)CN1C(=O)N[C@@]2(CCCc3sccc32)C1=O. The molecule has 1 spiro atoms. The maximum atomic E-state index is 13.6. The van der Waals surface area contributed by atoms with Crippen molar-refractivity contribution in [3.8, 4) is 5.75 Å². The molecular formula is C19H17FN2O4S. The van der Waals surface area contributed by atoms with Crippen molar-refractivity contribution in [3.05, 3.63) is 51.5 Å². The molecule has 1 aliphatic heterocycles. The Kier molecular flexibility index (Phi) is 4.22. The first-order chi connectivity index (χ1) is 13.0. The second kappa shape index (κ2) is 6.45. The van der Waals surface area contributed by atoms with Crippen LogP contribution in [0.3, 0.4) is 0 Å². The molecule has 1 saturated heterocycles. The molecule has 8 heteroatoms. The minimum absolute atomic E-state index is 0.00100. The number of urea groups is 1. The molecule has 2 aliphatic rings. The Bertz CT molecular complexity index is 957. The highest BCUT2D eigenvalue weighted by Gasteiger charge is 2.54. The summed E-state index contributed by atoms with van der Waals surface area (Å²) in [7, 11) is 1.37. The number of nitrogens with one attached hydrogen (secondary N) is 1. The number of methoxy groups -OCH3 is 1. The Morgan fingerprint density at radius 3 is 2.96 bits per heavy atom. The zero-order valence-electron chi connectivity index (χ0n) is 14.6. The van der Waals surface area contributed by atoms with Gasteiger partial charge in [-0.25, -0.2) is 9.18 Å². The fraction of sp³-hybridized carbons (Fsp3) is 0.316. The summed E-state index contributed by atoms with van der Waals surface area (Å²) in [5.41, 5.74) is -0.286. The van der Waals surface area contributed by atoms with Crippen molar-refractivity contribution in [3.63, 3.8) is 0 Å². The van der Waals surface area contributed by atoms with Gasteiger partial charge < -0.3 is 10.1 Å². The number of thiophene rings is 1. The van der Waals surface area contributed by atoms with Crippen LogP contribution in [0.4, 0.5) is 9.18 Å². The molecule has 2 heterocycles. The zero-order chi connectivity index (χ0) is 19.2. The molecular weight excluding hydrogens is 371 g/mol. The van der Waals surface area contributed by atoms with Crippen LogP contribution in [0.15, 0.2) is 29.6 Å². The Hall–Kier alpha value is -2.74. The van der Waals surface area contributed by atoms with Crippen LogP contribution in [0.2, 0.25) is 0 Å². The number of ether oxygens (including phenoxy) is 1. The normalized spacial score (nSPS) is 21.3. The molecule has 6 nitrogen and oxygen atoms in total. The summed E-state index contributed by atoms with van der Waals surface area (Å²) in [5.74, 6) is -1.40. The van der Waals surface area contributed by atoms with Crippen LogP contribution < -0.4 is 10.1 Å². The van der Waals surface area contributed by atoms with Crippen molar-refractivity contribution in [2.24, 2.45) is 0 Å². The van der Waals surface area contributed by atoms with Gasteiger partial charge in [0.15, 0.2) is 5.78 Å². The third-order valence-electron chi connectivity index (χ3n) is 5.10. The molecule has 1 N–H and O–H groups in total. The van der Waals surface area contributed by atoms with Crippen LogP contribution in [0.25, 0.3) is 0 Å². The predicted molar refractivity (Wildman–Crippen MR) is 96.5 cm³/mol. The highest BCUT2D eigenvalue weighted by molar-refractivity contribution is 7.10. The summed E-state index contributed by atoms with van der Waals surface area (Å²) in [6.07, 6.45) is 2.14. The van der Waals surface area contributed by atoms with Crippen LogP contribution in [0, 0.1) is 5.82 Å². The first-order valence-electron chi connectivity index (χ1n) is 8.54. The van der Waals surface area contributed by atoms with Gasteiger partial charge in [-0.2, -0.15) is 0 Å². The monoisotopic (exact) mass is 388 g/mol. The molecule has 2 aromatic rings. The van der Waals surface area contributed by atoms with Gasteiger partial charge in [-0.15, -0.1) is 11.3 Å². The Balaban J connectivity index is 1.63. The number of Topliss-reactive ketones (excluding diaryl/α,β-unsaturated/α-hetero) is 1. The molecule has 0 radical (unpaired) electrons. The van der Waals surface area contributed by atoms with Gasteiger partial charge >= 0.3 is 6.03 Å². The summed E-state index contributed by atoms with van der Waals surface area (Å²) in [4.78, 5) is 40.3. The van der Waals surface area contributed by atoms with E-state index in [1.54, 1.807) is 11.3 Å². The number of ketones is 1. The first-order valence-corrected chi connectivity index (χ1v) is 9.42. The number of aryl methyl sites for hydroxylation is 1. The van der Waals surface area contributed by atoms with Gasteiger partial charge in [-0.05, 0) is 48.9 Å². The van der Waals surface area contributed by atoms with Crippen molar-refractivity contribution in [2.75, 3.05) is 13.7 Å². The van der Waals surface area contributed by atoms with E-state index in [9.17, 15) is 18.8 Å². The average molecular weight is 388 g/mol. The first kappa shape index (κ1) is 17.7. The number of carbonyl (C=O) groups is 3. The molecule has 1 aliphatic carbocycles. The standard InChI is InChI=1S/C19H17FN2O4S/c1-26-15-5-4-11(20)9-12(15)14(23)10-22-17(24)19(21-18(22)25)7-2-3-16-13(19)6-8-27-16/h4-6,8-9H,2-3,7,10H2,1H3,(H,21,25)/t19-/m1/s1. The number of benzene rings is 1. The van der Waals surface area contributed by atoms with E-state index in [-0.39, 0.29) is 11.3 Å². The fourth-order valence-corrected chi connectivity index (χ4v) is 4.81. The van der Waals surface area contributed by atoms with Gasteiger partial charge in [0, 0.05) is 10.4 Å². The van der Waals surface area contributed by atoms with Crippen LogP contribution >= 0.6 is 11.3 Å². The Morgan fingerprint density at radius 1 is 1.37 bits per heavy atom. The summed E-state index contributed by atoms with van der Waals surface area (Å²) in [6, 6.07) is 4.82. The van der Waals surface area contributed by atoms with Crippen molar-refractivity contribution >= 4 is 29.1 Å².